The van der Waals surface area contributed by atoms with Gasteiger partial charge < -0.3 is 14.9 Å². The van der Waals surface area contributed by atoms with E-state index in [1.165, 1.54) is 0 Å². The van der Waals surface area contributed by atoms with Crippen LogP contribution in [0.5, 0.6) is 5.75 Å². The van der Waals surface area contributed by atoms with Crippen LogP contribution in [0.25, 0.3) is 0 Å². The molecule has 0 saturated heterocycles. The first kappa shape index (κ1) is 10.6. The fourth-order valence-corrected chi connectivity index (χ4v) is 1.42. The third-order valence-corrected chi connectivity index (χ3v) is 2.26. The number of nitrogens with two attached hydrogens (primary N) is 1. The van der Waals surface area contributed by atoms with Crippen molar-refractivity contribution in [1.82, 2.24) is 10.2 Å². The molecule has 1 aromatic heterocycles. The minimum Gasteiger partial charge on any atom is -0.497 e. The Labute approximate surface area is 93.2 Å². The number of ether oxygens (including phenoxy) is 1. The highest BCUT2D eigenvalue weighted by Crippen LogP contribution is 2.22. The van der Waals surface area contributed by atoms with Gasteiger partial charge in [0.2, 0.25) is 11.8 Å². The molecule has 16 heavy (non-hydrogen) atoms. The third-order valence-electron chi connectivity index (χ3n) is 2.26. The van der Waals surface area contributed by atoms with E-state index in [0.717, 1.165) is 11.3 Å². The fraction of sp³-hybridized carbons (Fsp3) is 0.273. The van der Waals surface area contributed by atoms with E-state index in [0.29, 0.717) is 11.8 Å². The predicted molar refractivity (Wildman–Crippen MR) is 58.1 cm³/mol. The third kappa shape index (κ3) is 2.04. The van der Waals surface area contributed by atoms with E-state index in [1.54, 1.807) is 14.0 Å². The average molecular weight is 219 g/mol. The smallest absolute Gasteiger partial charge is 0.237 e. The maximum Gasteiger partial charge on any atom is 0.237 e. The number of hydrogen-bond donors (Lipinski definition) is 1. The molecular formula is C11H13N3O2. The van der Waals surface area contributed by atoms with Gasteiger partial charge >= 0.3 is 0 Å². The van der Waals surface area contributed by atoms with Gasteiger partial charge in [-0.25, -0.2) is 0 Å². The van der Waals surface area contributed by atoms with Gasteiger partial charge in [-0.1, -0.05) is 12.1 Å². The van der Waals surface area contributed by atoms with Gasteiger partial charge in [0, 0.05) is 6.92 Å². The van der Waals surface area contributed by atoms with Crippen molar-refractivity contribution in [2.75, 3.05) is 7.11 Å². The Hall–Kier alpha value is -1.88. The minimum atomic E-state index is -0.420. The van der Waals surface area contributed by atoms with Crippen LogP contribution in [0.1, 0.15) is 23.4 Å². The first-order valence-corrected chi connectivity index (χ1v) is 4.90. The average Bonchev–Trinajstić information content (AvgIpc) is 2.75. The van der Waals surface area contributed by atoms with Crippen LogP contribution in [0, 0.1) is 6.92 Å². The molecule has 0 spiro atoms. The predicted octanol–water partition coefficient (Wildman–Crippen LogP) is 1.43. The van der Waals surface area contributed by atoms with Gasteiger partial charge in [0.25, 0.3) is 0 Å². The quantitative estimate of drug-likeness (QED) is 0.845. The summed E-state index contributed by atoms with van der Waals surface area (Å²) in [6.45, 7) is 1.73. The van der Waals surface area contributed by atoms with Crippen molar-refractivity contribution in [1.29, 1.82) is 0 Å². The number of aryl methyl sites for hydroxylation is 1. The van der Waals surface area contributed by atoms with E-state index >= 15 is 0 Å². The van der Waals surface area contributed by atoms with Crippen LogP contribution >= 0.6 is 0 Å². The standard InChI is InChI=1S/C11H13N3O2/c1-7-13-14-11(16-7)10(12)8-4-3-5-9(6-8)15-2/h3-6,10H,12H2,1-2H3. The molecule has 0 aliphatic rings. The second-order valence-corrected chi connectivity index (χ2v) is 3.41. The molecule has 1 aromatic carbocycles. The topological polar surface area (TPSA) is 74.2 Å². The minimum absolute atomic E-state index is 0.408. The molecule has 5 nitrogen and oxygen atoms in total. The zero-order valence-corrected chi connectivity index (χ0v) is 9.18. The maximum absolute atomic E-state index is 6.00. The molecule has 0 aliphatic heterocycles. The number of rotatable bonds is 3. The van der Waals surface area contributed by atoms with Crippen LogP contribution in [-0.2, 0) is 0 Å². The molecule has 0 fully saturated rings. The number of aromatic nitrogens is 2. The molecular weight excluding hydrogens is 206 g/mol. The van der Waals surface area contributed by atoms with E-state index in [2.05, 4.69) is 10.2 Å². The first-order chi connectivity index (χ1) is 7.70. The van der Waals surface area contributed by atoms with Gasteiger partial charge in [-0.3, -0.25) is 0 Å². The second-order valence-electron chi connectivity index (χ2n) is 3.41. The van der Waals surface area contributed by atoms with Gasteiger partial charge in [0.05, 0.1) is 7.11 Å². The highest BCUT2D eigenvalue weighted by molar-refractivity contribution is 5.32. The van der Waals surface area contributed by atoms with Crippen molar-refractivity contribution < 1.29 is 9.15 Å². The van der Waals surface area contributed by atoms with Crippen molar-refractivity contribution in [2.45, 2.75) is 13.0 Å². The van der Waals surface area contributed by atoms with E-state index in [4.69, 9.17) is 14.9 Å². The van der Waals surface area contributed by atoms with E-state index in [1.807, 2.05) is 24.3 Å². The van der Waals surface area contributed by atoms with Gasteiger partial charge in [0.1, 0.15) is 11.8 Å². The van der Waals surface area contributed by atoms with Crippen LogP contribution in [0.4, 0.5) is 0 Å². The molecule has 2 aromatic rings. The summed E-state index contributed by atoms with van der Waals surface area (Å²) in [5, 5.41) is 7.64. The lowest BCUT2D eigenvalue weighted by atomic mass is 10.1. The Balaban J connectivity index is 2.29. The van der Waals surface area contributed by atoms with Crippen molar-refractivity contribution in [2.24, 2.45) is 5.73 Å². The lowest BCUT2D eigenvalue weighted by molar-refractivity contribution is 0.412. The summed E-state index contributed by atoms with van der Waals surface area (Å²) in [4.78, 5) is 0. The van der Waals surface area contributed by atoms with Crippen LogP contribution in [-0.4, -0.2) is 17.3 Å². The zero-order valence-electron chi connectivity index (χ0n) is 9.18. The molecule has 0 saturated carbocycles. The van der Waals surface area contributed by atoms with E-state index < -0.39 is 6.04 Å². The molecule has 0 radical (unpaired) electrons. The molecule has 0 bridgehead atoms. The summed E-state index contributed by atoms with van der Waals surface area (Å²) in [6, 6.07) is 7.06. The maximum atomic E-state index is 6.00. The Morgan fingerprint density at radius 3 is 2.81 bits per heavy atom. The zero-order chi connectivity index (χ0) is 11.5. The Kier molecular flexibility index (Phi) is 2.87. The summed E-state index contributed by atoms with van der Waals surface area (Å²) >= 11 is 0. The van der Waals surface area contributed by atoms with Crippen LogP contribution in [0.2, 0.25) is 0 Å². The molecule has 1 unspecified atom stereocenters. The molecule has 1 atom stereocenters. The highest BCUT2D eigenvalue weighted by Gasteiger charge is 2.15. The Morgan fingerprint density at radius 1 is 1.38 bits per heavy atom. The summed E-state index contributed by atoms with van der Waals surface area (Å²) in [7, 11) is 1.61. The van der Waals surface area contributed by atoms with Gasteiger partial charge in [-0.15, -0.1) is 10.2 Å². The van der Waals surface area contributed by atoms with Crippen LogP contribution in [0.15, 0.2) is 28.7 Å². The SMILES string of the molecule is COc1cccc(C(N)c2nnc(C)o2)c1. The lowest BCUT2D eigenvalue weighted by Crippen LogP contribution is -2.12. The van der Waals surface area contributed by atoms with Crippen molar-refractivity contribution in [3.05, 3.63) is 41.6 Å². The number of benzene rings is 1. The Bertz CT molecular complexity index is 482. The second kappa shape index (κ2) is 4.32. The monoisotopic (exact) mass is 219 g/mol. The fourth-order valence-electron chi connectivity index (χ4n) is 1.42. The van der Waals surface area contributed by atoms with Crippen molar-refractivity contribution in [3.63, 3.8) is 0 Å². The number of hydrogen-bond acceptors (Lipinski definition) is 5. The van der Waals surface area contributed by atoms with E-state index in [-0.39, 0.29) is 0 Å². The molecule has 2 N–H and O–H groups in total. The largest absolute Gasteiger partial charge is 0.497 e. The van der Waals surface area contributed by atoms with Crippen LogP contribution < -0.4 is 10.5 Å². The van der Waals surface area contributed by atoms with E-state index in [9.17, 15) is 0 Å². The molecule has 5 heteroatoms. The summed E-state index contributed by atoms with van der Waals surface area (Å²) in [6.07, 6.45) is 0. The van der Waals surface area contributed by atoms with Gasteiger partial charge in [-0.05, 0) is 17.7 Å². The molecule has 84 valence electrons. The van der Waals surface area contributed by atoms with Gasteiger partial charge in [0.15, 0.2) is 0 Å². The normalized spacial score (nSPS) is 12.4. The molecule has 2 rings (SSSR count). The number of methoxy groups -OCH3 is 1. The molecule has 0 amide bonds. The first-order valence-electron chi connectivity index (χ1n) is 4.90. The molecule has 1 heterocycles. The lowest BCUT2D eigenvalue weighted by Gasteiger charge is -2.08. The summed E-state index contributed by atoms with van der Waals surface area (Å²) < 4.78 is 10.4. The summed E-state index contributed by atoms with van der Waals surface area (Å²) in [5.41, 5.74) is 6.88. The summed E-state index contributed by atoms with van der Waals surface area (Å²) in [5.74, 6) is 1.67. The highest BCUT2D eigenvalue weighted by atomic mass is 16.5. The molecule has 0 aliphatic carbocycles. The van der Waals surface area contributed by atoms with Gasteiger partial charge in [-0.2, -0.15) is 0 Å². The number of nitrogens with zero attached hydrogens (tertiary/aromatic N) is 2. The van der Waals surface area contributed by atoms with Crippen molar-refractivity contribution >= 4 is 0 Å². The van der Waals surface area contributed by atoms with Crippen LogP contribution in [0.3, 0.4) is 0 Å². The van der Waals surface area contributed by atoms with Crippen molar-refractivity contribution in [3.8, 4) is 5.75 Å². The Morgan fingerprint density at radius 2 is 2.19 bits per heavy atom.